The lowest BCUT2D eigenvalue weighted by atomic mass is 9.81. The largest absolute Gasteiger partial charge is 0.490 e. The van der Waals surface area contributed by atoms with Crippen molar-refractivity contribution in [2.24, 2.45) is 11.3 Å². The van der Waals surface area contributed by atoms with Gasteiger partial charge < -0.3 is 15.2 Å². The number of pyridine rings is 1. The highest BCUT2D eigenvalue weighted by Crippen LogP contribution is 2.42. The predicted octanol–water partition coefficient (Wildman–Crippen LogP) is 1.81. The van der Waals surface area contributed by atoms with Crippen LogP contribution in [-0.4, -0.2) is 73.6 Å². The number of fused-ring (bicyclic) bond motifs is 1. The number of carboxylic acids is 1. The van der Waals surface area contributed by atoms with E-state index < -0.39 is 22.2 Å². The van der Waals surface area contributed by atoms with Crippen molar-refractivity contribution in [3.63, 3.8) is 0 Å². The van der Waals surface area contributed by atoms with Crippen molar-refractivity contribution in [2.75, 3.05) is 43.9 Å². The Balaban J connectivity index is 0.000000370. The maximum Gasteiger partial charge on any atom is 0.490 e. The van der Waals surface area contributed by atoms with Gasteiger partial charge in [-0.2, -0.15) is 13.2 Å². The first-order chi connectivity index (χ1) is 13.5. The quantitative estimate of drug-likeness (QED) is 0.696. The molecule has 0 saturated carbocycles. The number of alkyl halides is 3. The number of aromatic nitrogens is 1. The maximum absolute atomic E-state index is 12.3. The molecule has 2 N–H and O–H groups in total. The third-order valence-electron chi connectivity index (χ3n) is 4.87. The number of rotatable bonds is 6. The molecule has 8 nitrogen and oxygen atoms in total. The molecule has 3 rings (SSSR count). The molecule has 1 aromatic rings. The second-order valence-electron chi connectivity index (χ2n) is 7.05. The molecule has 164 valence electrons. The first-order valence-corrected chi connectivity index (χ1v) is 10.6. The molecule has 0 amide bonds. The van der Waals surface area contributed by atoms with Crippen molar-refractivity contribution in [3.8, 4) is 0 Å². The monoisotopic (exact) mass is 439 g/mol. The van der Waals surface area contributed by atoms with Gasteiger partial charge in [-0.25, -0.2) is 22.5 Å². The number of hydrogen-bond acceptors (Lipinski definition) is 6. The van der Waals surface area contributed by atoms with Crippen molar-refractivity contribution < 1.29 is 36.2 Å². The van der Waals surface area contributed by atoms with Crippen LogP contribution in [0.4, 0.5) is 19.0 Å². The number of nitrogens with zero attached hydrogens (tertiary/aromatic N) is 2. The van der Waals surface area contributed by atoms with E-state index >= 15 is 0 Å². The van der Waals surface area contributed by atoms with Crippen LogP contribution in [0.5, 0.6) is 0 Å². The van der Waals surface area contributed by atoms with Gasteiger partial charge >= 0.3 is 12.1 Å². The van der Waals surface area contributed by atoms with E-state index in [0.717, 1.165) is 5.82 Å². The summed E-state index contributed by atoms with van der Waals surface area (Å²) < 4.78 is 63.7. The van der Waals surface area contributed by atoms with Crippen LogP contribution in [0.15, 0.2) is 24.4 Å². The molecule has 29 heavy (non-hydrogen) atoms. The average molecular weight is 439 g/mol. The number of carbonyl (C=O) groups is 1. The van der Waals surface area contributed by atoms with E-state index in [9.17, 15) is 21.6 Å². The summed E-state index contributed by atoms with van der Waals surface area (Å²) in [4.78, 5) is 13.2. The Labute approximate surface area is 167 Å². The lowest BCUT2D eigenvalue weighted by Gasteiger charge is -2.27. The van der Waals surface area contributed by atoms with Gasteiger partial charge in [0.2, 0.25) is 10.0 Å². The maximum atomic E-state index is 12.3. The molecule has 0 aliphatic carbocycles. The van der Waals surface area contributed by atoms with Crippen molar-refractivity contribution in [1.82, 2.24) is 9.29 Å². The topological polar surface area (TPSA) is 109 Å². The van der Waals surface area contributed by atoms with Crippen LogP contribution in [0.3, 0.4) is 0 Å². The van der Waals surface area contributed by atoms with E-state index in [0.29, 0.717) is 39.3 Å². The smallest absolute Gasteiger partial charge is 0.475 e. The van der Waals surface area contributed by atoms with Crippen LogP contribution < -0.4 is 5.32 Å². The Hall–Kier alpha value is -1.92. The Kier molecular flexibility index (Phi) is 7.46. The first-order valence-electron chi connectivity index (χ1n) is 9.01. The highest BCUT2D eigenvalue weighted by Gasteiger charge is 2.53. The molecule has 2 fully saturated rings. The van der Waals surface area contributed by atoms with Crippen LogP contribution in [-0.2, 0) is 19.6 Å². The fourth-order valence-electron chi connectivity index (χ4n) is 3.37. The molecule has 0 radical (unpaired) electrons. The molecular formula is C17H24F3N3O5S. The third-order valence-corrected chi connectivity index (χ3v) is 6.86. The molecular weight excluding hydrogens is 415 g/mol. The summed E-state index contributed by atoms with van der Waals surface area (Å²) in [6.45, 7) is 4.95. The molecule has 0 unspecified atom stereocenters. The van der Waals surface area contributed by atoms with Crippen LogP contribution in [0.2, 0.25) is 0 Å². The Morgan fingerprint density at radius 2 is 2.14 bits per heavy atom. The van der Waals surface area contributed by atoms with Gasteiger partial charge in [0.1, 0.15) is 5.82 Å². The number of carboxylic acid groups (broad SMARTS) is 1. The number of hydrogen-bond donors (Lipinski definition) is 2. The van der Waals surface area contributed by atoms with Gasteiger partial charge in [0.15, 0.2) is 0 Å². The average Bonchev–Trinajstić information content (AvgIpc) is 3.18. The zero-order valence-electron chi connectivity index (χ0n) is 15.9. The molecule has 0 bridgehead atoms. The summed E-state index contributed by atoms with van der Waals surface area (Å²) >= 11 is 0. The summed E-state index contributed by atoms with van der Waals surface area (Å²) in [5.74, 6) is -1.45. The van der Waals surface area contributed by atoms with E-state index in [1.165, 1.54) is 0 Å². The Bertz CT molecular complexity index is 791. The number of ether oxygens (including phenoxy) is 1. The lowest BCUT2D eigenvalue weighted by molar-refractivity contribution is -0.192. The van der Waals surface area contributed by atoms with E-state index in [-0.39, 0.29) is 17.1 Å². The van der Waals surface area contributed by atoms with Gasteiger partial charge in [-0.15, -0.1) is 0 Å². The van der Waals surface area contributed by atoms with E-state index in [4.69, 9.17) is 14.6 Å². The zero-order chi connectivity index (χ0) is 21.7. The van der Waals surface area contributed by atoms with Crippen molar-refractivity contribution >= 4 is 21.8 Å². The molecule has 3 heterocycles. The molecule has 2 saturated heterocycles. The minimum Gasteiger partial charge on any atom is -0.475 e. The standard InChI is InChI=1S/C15H23N3O3S.C2HF3O2/c1-2-7-22(19,20)18-8-13-9-21-12-15(13,11-18)10-17-14-5-3-4-6-16-14;3-2(4,5)1(6)7/h3-6,13H,2,7-12H2,1H3,(H,16,17);(H,6,7)/t13-,15+;/m1./s1. The molecule has 0 aromatic carbocycles. The number of aliphatic carboxylic acids is 1. The normalized spacial score (nSPS) is 24.5. The second kappa shape index (κ2) is 9.26. The molecule has 12 heteroatoms. The highest BCUT2D eigenvalue weighted by molar-refractivity contribution is 7.89. The fourth-order valence-corrected chi connectivity index (χ4v) is 5.00. The van der Waals surface area contributed by atoms with Crippen LogP contribution in [0, 0.1) is 11.3 Å². The lowest BCUT2D eigenvalue weighted by Crippen LogP contribution is -2.39. The van der Waals surface area contributed by atoms with Crippen molar-refractivity contribution in [1.29, 1.82) is 0 Å². The summed E-state index contributed by atoms with van der Waals surface area (Å²) in [6, 6.07) is 5.73. The Morgan fingerprint density at radius 3 is 2.69 bits per heavy atom. The summed E-state index contributed by atoms with van der Waals surface area (Å²) in [6.07, 6.45) is -2.69. The predicted molar refractivity (Wildman–Crippen MR) is 98.8 cm³/mol. The van der Waals surface area contributed by atoms with E-state index in [1.807, 2.05) is 25.1 Å². The number of halogens is 3. The molecule has 1 aromatic heterocycles. The SMILES string of the molecule is CCCS(=O)(=O)N1C[C@@H]2COC[C@]2(CNc2ccccn2)C1.O=C(O)C(F)(F)F. The zero-order valence-corrected chi connectivity index (χ0v) is 16.7. The second-order valence-corrected chi connectivity index (χ2v) is 9.14. The van der Waals surface area contributed by atoms with Gasteiger partial charge in [-0.05, 0) is 18.6 Å². The van der Waals surface area contributed by atoms with Crippen molar-refractivity contribution in [3.05, 3.63) is 24.4 Å². The third kappa shape index (κ3) is 6.03. The fraction of sp³-hybridized carbons (Fsp3) is 0.647. The Morgan fingerprint density at radius 1 is 1.45 bits per heavy atom. The van der Waals surface area contributed by atoms with Gasteiger partial charge in [0.05, 0.1) is 19.0 Å². The number of sulfonamides is 1. The van der Waals surface area contributed by atoms with Crippen LogP contribution in [0.25, 0.3) is 0 Å². The summed E-state index contributed by atoms with van der Waals surface area (Å²) in [5.41, 5.74) is -0.141. The number of anilines is 1. The van der Waals surface area contributed by atoms with E-state index in [1.54, 1.807) is 10.5 Å². The first kappa shape index (κ1) is 23.4. The van der Waals surface area contributed by atoms with Gasteiger partial charge in [-0.3, -0.25) is 0 Å². The molecule has 2 aliphatic heterocycles. The highest BCUT2D eigenvalue weighted by atomic mass is 32.2. The minimum absolute atomic E-state index is 0.141. The summed E-state index contributed by atoms with van der Waals surface area (Å²) in [5, 5.41) is 10.5. The molecule has 2 aliphatic rings. The van der Waals surface area contributed by atoms with Crippen LogP contribution in [0.1, 0.15) is 13.3 Å². The summed E-state index contributed by atoms with van der Waals surface area (Å²) in [7, 11) is -3.14. The number of nitrogens with one attached hydrogen (secondary N) is 1. The molecule has 0 spiro atoms. The van der Waals surface area contributed by atoms with Gasteiger partial charge in [-0.1, -0.05) is 13.0 Å². The van der Waals surface area contributed by atoms with Crippen molar-refractivity contribution in [2.45, 2.75) is 19.5 Å². The molecule has 2 atom stereocenters. The minimum atomic E-state index is -5.08. The van der Waals surface area contributed by atoms with Gasteiger partial charge in [0.25, 0.3) is 0 Å². The van der Waals surface area contributed by atoms with E-state index in [2.05, 4.69) is 10.3 Å². The van der Waals surface area contributed by atoms with Gasteiger partial charge in [0, 0.05) is 37.2 Å². The van der Waals surface area contributed by atoms with Crippen LogP contribution >= 0.6 is 0 Å².